The molecule has 268 valence electrons. The minimum Gasteiger partial charge on any atom is -0.493 e. The van der Waals surface area contributed by atoms with Gasteiger partial charge in [-0.25, -0.2) is 15.0 Å². The normalized spacial score (nSPS) is 13.9. The Morgan fingerprint density at radius 3 is 2.39 bits per heavy atom. The number of hydrogen-bond acceptors (Lipinski definition) is 13. The van der Waals surface area contributed by atoms with Crippen molar-refractivity contribution in [2.45, 2.75) is 26.8 Å². The highest BCUT2D eigenvalue weighted by Gasteiger charge is 2.33. The van der Waals surface area contributed by atoms with Crippen LogP contribution in [0.15, 0.2) is 64.9 Å². The summed E-state index contributed by atoms with van der Waals surface area (Å²) in [6, 6.07) is 9.56. The Kier molecular flexibility index (Phi) is 12.7. The topological polar surface area (TPSA) is 232 Å². The van der Waals surface area contributed by atoms with Crippen LogP contribution in [0.25, 0.3) is 0 Å². The predicted molar refractivity (Wildman–Crippen MR) is 188 cm³/mol. The van der Waals surface area contributed by atoms with Crippen LogP contribution in [0.5, 0.6) is 28.7 Å². The van der Waals surface area contributed by atoms with E-state index in [2.05, 4.69) is 21.2 Å². The molecule has 0 aliphatic carbocycles. The number of carbonyl (C=O) groups excluding carboxylic acids is 3. The summed E-state index contributed by atoms with van der Waals surface area (Å²) in [7, 11) is 1.39. The Balaban J connectivity index is 1.44. The van der Waals surface area contributed by atoms with E-state index in [1.807, 2.05) is 22.6 Å². The maximum atomic E-state index is 12.6. The summed E-state index contributed by atoms with van der Waals surface area (Å²) in [5.41, 5.74) is 2.84. The van der Waals surface area contributed by atoms with E-state index in [0.717, 1.165) is 18.2 Å². The van der Waals surface area contributed by atoms with Crippen LogP contribution in [-0.4, -0.2) is 60.9 Å². The van der Waals surface area contributed by atoms with Crippen molar-refractivity contribution in [3.05, 3.63) is 94.7 Å². The molecular formula is C32H31IN6O12. The number of methoxy groups -OCH3 is 1. The Bertz CT molecular complexity index is 1930. The summed E-state index contributed by atoms with van der Waals surface area (Å²) < 4.78 is 28.2. The second kappa shape index (κ2) is 17.1. The van der Waals surface area contributed by atoms with E-state index in [1.165, 1.54) is 25.5 Å². The molecule has 3 aromatic rings. The molecule has 18 nitrogen and oxygen atoms in total. The van der Waals surface area contributed by atoms with Crippen molar-refractivity contribution in [2.75, 3.05) is 26.9 Å². The number of halogens is 1. The van der Waals surface area contributed by atoms with Crippen LogP contribution in [0, 0.1) is 23.8 Å². The first kappa shape index (κ1) is 37.8. The van der Waals surface area contributed by atoms with E-state index in [1.54, 1.807) is 39.0 Å². The van der Waals surface area contributed by atoms with E-state index in [0.29, 0.717) is 20.4 Å². The molecule has 4 rings (SSSR count). The number of non-ortho nitro benzene ring substituents is 1. The zero-order chi connectivity index (χ0) is 37.2. The molecule has 1 heterocycles. The lowest BCUT2D eigenvalue weighted by Crippen LogP contribution is -2.45. The fraction of sp³-hybridized carbons (Fsp3) is 0.250. The third-order valence-corrected chi connectivity index (χ3v) is 7.74. The number of allylic oxidation sites excluding steroid dienone is 1. The SMILES string of the molecule is CCOC(=O)C1=C(C)NC(=O)N[C@@H]1c1ccc(OCC(=O)N/N=C/c2cc(I)c(Oc3ccc([N+](=O)[O-])cc3[N+](=O)[O-])c(OCC)c2)c(OC)c1. The molecule has 3 N–H and O–H groups in total. The number of esters is 1. The molecule has 19 heteroatoms. The smallest absolute Gasteiger partial charge is 0.338 e. The van der Waals surface area contributed by atoms with E-state index < -0.39 is 51.8 Å². The quantitative estimate of drug-likeness (QED) is 0.0603. The Morgan fingerprint density at radius 1 is 0.980 bits per heavy atom. The van der Waals surface area contributed by atoms with Gasteiger partial charge in [-0.15, -0.1) is 0 Å². The van der Waals surface area contributed by atoms with Gasteiger partial charge in [0.05, 0.1) is 57.6 Å². The Labute approximate surface area is 303 Å². The van der Waals surface area contributed by atoms with Gasteiger partial charge in [0, 0.05) is 11.8 Å². The first-order chi connectivity index (χ1) is 24.4. The average molecular weight is 819 g/mol. The fourth-order valence-corrected chi connectivity index (χ4v) is 5.48. The van der Waals surface area contributed by atoms with Crippen LogP contribution in [0.4, 0.5) is 16.2 Å². The minimum absolute atomic E-state index is 0.134. The number of hydrazone groups is 1. The van der Waals surface area contributed by atoms with Crippen molar-refractivity contribution < 1.29 is 47.9 Å². The molecule has 0 spiro atoms. The first-order valence-electron chi connectivity index (χ1n) is 15.0. The molecule has 0 bridgehead atoms. The van der Waals surface area contributed by atoms with E-state index in [9.17, 15) is 34.6 Å². The number of urea groups is 1. The number of nitro groups is 2. The van der Waals surface area contributed by atoms with Crippen LogP contribution in [0.1, 0.15) is 37.9 Å². The van der Waals surface area contributed by atoms with E-state index in [-0.39, 0.29) is 47.5 Å². The van der Waals surface area contributed by atoms with Crippen LogP contribution < -0.4 is 35.0 Å². The lowest BCUT2D eigenvalue weighted by atomic mass is 9.95. The van der Waals surface area contributed by atoms with Gasteiger partial charge >= 0.3 is 17.7 Å². The molecule has 0 fully saturated rings. The second-order valence-electron chi connectivity index (χ2n) is 10.3. The van der Waals surface area contributed by atoms with Crippen LogP contribution in [0.2, 0.25) is 0 Å². The van der Waals surface area contributed by atoms with Gasteiger partial charge in [-0.2, -0.15) is 5.10 Å². The largest absolute Gasteiger partial charge is 0.493 e. The molecule has 1 aliphatic heterocycles. The summed E-state index contributed by atoms with van der Waals surface area (Å²) in [6.45, 7) is 4.89. The van der Waals surface area contributed by atoms with Crippen LogP contribution in [0.3, 0.4) is 0 Å². The number of carbonyl (C=O) groups is 3. The van der Waals surface area contributed by atoms with Gasteiger partial charge in [-0.05, 0) is 84.8 Å². The van der Waals surface area contributed by atoms with Crippen molar-refractivity contribution in [1.82, 2.24) is 16.1 Å². The molecule has 0 aromatic heterocycles. The number of amides is 3. The molecule has 51 heavy (non-hydrogen) atoms. The summed E-state index contributed by atoms with van der Waals surface area (Å²) in [5, 5.41) is 31.9. The number of ether oxygens (including phenoxy) is 5. The number of nitrogens with one attached hydrogen (secondary N) is 3. The van der Waals surface area contributed by atoms with E-state index in [4.69, 9.17) is 23.7 Å². The summed E-state index contributed by atoms with van der Waals surface area (Å²) in [4.78, 5) is 58.6. The summed E-state index contributed by atoms with van der Waals surface area (Å²) >= 11 is 1.93. The number of rotatable bonds is 15. The monoisotopic (exact) mass is 818 g/mol. The van der Waals surface area contributed by atoms with E-state index >= 15 is 0 Å². The highest BCUT2D eigenvalue weighted by molar-refractivity contribution is 14.1. The lowest BCUT2D eigenvalue weighted by Gasteiger charge is -2.28. The van der Waals surface area contributed by atoms with Gasteiger partial charge in [0.15, 0.2) is 29.6 Å². The summed E-state index contributed by atoms with van der Waals surface area (Å²) in [6.07, 6.45) is 1.33. The molecule has 0 saturated heterocycles. The zero-order valence-corrected chi connectivity index (χ0v) is 29.7. The molecule has 0 radical (unpaired) electrons. The maximum absolute atomic E-state index is 12.6. The fourth-order valence-electron chi connectivity index (χ4n) is 4.74. The number of nitro benzene ring substituents is 2. The average Bonchev–Trinajstić information content (AvgIpc) is 3.08. The van der Waals surface area contributed by atoms with Crippen molar-refractivity contribution in [3.63, 3.8) is 0 Å². The molecule has 1 atom stereocenters. The zero-order valence-electron chi connectivity index (χ0n) is 27.5. The minimum atomic E-state index is -0.828. The highest BCUT2D eigenvalue weighted by atomic mass is 127. The predicted octanol–water partition coefficient (Wildman–Crippen LogP) is 5.03. The number of nitrogens with zero attached hydrogens (tertiary/aromatic N) is 3. The maximum Gasteiger partial charge on any atom is 0.338 e. The molecule has 1 aliphatic rings. The van der Waals surface area contributed by atoms with Gasteiger partial charge < -0.3 is 34.3 Å². The molecule has 3 amide bonds. The van der Waals surface area contributed by atoms with Crippen molar-refractivity contribution >= 4 is 58.1 Å². The van der Waals surface area contributed by atoms with Gasteiger partial charge in [-0.1, -0.05) is 6.07 Å². The molecule has 0 unspecified atom stereocenters. The number of hydrogen-bond donors (Lipinski definition) is 3. The van der Waals surface area contributed by atoms with Gasteiger partial charge in [0.2, 0.25) is 5.75 Å². The standard InChI is InChI=1S/C32H31IN6O12/c1-5-48-26-12-18(11-21(33)30(26)51-23-10-8-20(38(43)44)14-22(23)39(45)46)15-34-37-27(40)16-50-24-9-7-19(13-25(24)47-4)29-28(31(41)49-6-2)17(3)35-32(42)36-29/h7-15,29H,5-6,16H2,1-4H3,(H,37,40)(H2,35,36,42)/b34-15+/t29-/m1/s1. The Hall–Kier alpha value is -5.99. The highest BCUT2D eigenvalue weighted by Crippen LogP contribution is 2.41. The molecular weight excluding hydrogens is 787 g/mol. The van der Waals surface area contributed by atoms with Crippen LogP contribution >= 0.6 is 22.6 Å². The second-order valence-corrected chi connectivity index (χ2v) is 11.5. The first-order valence-corrected chi connectivity index (χ1v) is 16.1. The Morgan fingerprint density at radius 2 is 1.73 bits per heavy atom. The van der Waals surface area contributed by atoms with Crippen molar-refractivity contribution in [2.24, 2.45) is 5.10 Å². The lowest BCUT2D eigenvalue weighted by molar-refractivity contribution is -0.394. The molecule has 0 saturated carbocycles. The van der Waals surface area contributed by atoms with Gasteiger partial charge in [0.1, 0.15) is 0 Å². The summed E-state index contributed by atoms with van der Waals surface area (Å²) in [5.74, 6) is -0.657. The molecule has 3 aromatic carbocycles. The van der Waals surface area contributed by atoms with Crippen LogP contribution in [-0.2, 0) is 14.3 Å². The third kappa shape index (κ3) is 9.38. The van der Waals surface area contributed by atoms with Crippen molar-refractivity contribution in [1.29, 1.82) is 0 Å². The van der Waals surface area contributed by atoms with Gasteiger partial charge in [0.25, 0.3) is 11.6 Å². The van der Waals surface area contributed by atoms with Gasteiger partial charge in [-0.3, -0.25) is 25.0 Å². The number of benzene rings is 3. The van der Waals surface area contributed by atoms with Crippen molar-refractivity contribution in [3.8, 4) is 28.7 Å². The third-order valence-electron chi connectivity index (χ3n) is 6.94.